The van der Waals surface area contributed by atoms with E-state index in [0.29, 0.717) is 12.1 Å². The van der Waals surface area contributed by atoms with E-state index >= 15 is 0 Å². The number of carbonyl (C=O) groups excluding carboxylic acids is 1. The van der Waals surface area contributed by atoms with Crippen LogP contribution in [0.4, 0.5) is 0 Å². The van der Waals surface area contributed by atoms with Gasteiger partial charge in [-0.3, -0.25) is 4.79 Å². The quantitative estimate of drug-likeness (QED) is 0.886. The number of pyridine rings is 1. The number of nitrogens with zero attached hydrogens (tertiary/aromatic N) is 2. The van der Waals surface area contributed by atoms with E-state index in [1.807, 2.05) is 38.2 Å². The number of nitrogens with one attached hydrogen (secondary N) is 1. The highest BCUT2D eigenvalue weighted by Crippen LogP contribution is 2.12. The summed E-state index contributed by atoms with van der Waals surface area (Å²) in [4.78, 5) is 12.2. The van der Waals surface area contributed by atoms with Crippen molar-refractivity contribution in [3.8, 4) is 0 Å². The molecule has 1 amide bonds. The van der Waals surface area contributed by atoms with Crippen molar-refractivity contribution in [3.63, 3.8) is 0 Å². The van der Waals surface area contributed by atoms with Gasteiger partial charge in [0.25, 0.3) is 5.91 Å². The lowest BCUT2D eigenvalue weighted by Gasteiger charge is -2.26. The topological polar surface area (TPSA) is 72.4 Å². The third-order valence-corrected chi connectivity index (χ3v) is 3.68. The van der Waals surface area contributed by atoms with Crippen molar-refractivity contribution in [1.29, 1.82) is 0 Å². The molecule has 2 aromatic heterocycles. The predicted molar refractivity (Wildman–Crippen MR) is 82.3 cm³/mol. The van der Waals surface area contributed by atoms with Crippen LogP contribution in [0.15, 0.2) is 30.6 Å². The van der Waals surface area contributed by atoms with Crippen LogP contribution in [0.5, 0.6) is 0 Å². The minimum absolute atomic E-state index is 0. The molecule has 0 aliphatic heterocycles. The molecule has 2 aromatic rings. The van der Waals surface area contributed by atoms with Crippen LogP contribution in [-0.4, -0.2) is 27.6 Å². The fourth-order valence-corrected chi connectivity index (χ4v) is 1.96. The summed E-state index contributed by atoms with van der Waals surface area (Å²) in [5.74, 6) is -0.127. The molecule has 2 rings (SSSR count). The fraction of sp³-hybridized carbons (Fsp3) is 0.429. The number of fused-ring (bicyclic) bond motifs is 1. The van der Waals surface area contributed by atoms with Gasteiger partial charge in [0.05, 0.1) is 17.3 Å². The fourth-order valence-electron chi connectivity index (χ4n) is 1.96. The van der Waals surface area contributed by atoms with Crippen LogP contribution in [0.3, 0.4) is 0 Å². The molecule has 0 spiro atoms. The molecular weight excluding hydrogens is 276 g/mol. The van der Waals surface area contributed by atoms with Crippen LogP contribution in [0.1, 0.15) is 37.0 Å². The van der Waals surface area contributed by atoms with Crippen molar-refractivity contribution in [2.45, 2.75) is 32.2 Å². The summed E-state index contributed by atoms with van der Waals surface area (Å²) in [5, 5.41) is 7.05. The Balaban J connectivity index is 0.00000200. The Labute approximate surface area is 124 Å². The van der Waals surface area contributed by atoms with E-state index in [1.165, 1.54) is 0 Å². The average Bonchev–Trinajstić information content (AvgIpc) is 2.88. The molecule has 0 radical (unpaired) electrons. The number of hydrogen-bond donors (Lipinski definition) is 2. The Morgan fingerprint density at radius 1 is 1.40 bits per heavy atom. The lowest BCUT2D eigenvalue weighted by molar-refractivity contribution is 0.0944. The third kappa shape index (κ3) is 3.29. The molecule has 0 atom stereocenters. The summed E-state index contributed by atoms with van der Waals surface area (Å²) in [7, 11) is 0. The lowest BCUT2D eigenvalue weighted by atomic mass is 9.94. The van der Waals surface area contributed by atoms with Crippen LogP contribution in [0.2, 0.25) is 0 Å². The molecule has 6 heteroatoms. The molecule has 0 unspecified atom stereocenters. The standard InChI is InChI=1S/C14H20N4O.ClH/c1-3-14(15,4-2)10-16-13(19)11-9-17-18-8-6-5-7-12(11)18;/h5-9H,3-4,10,15H2,1-2H3,(H,16,19);1H. The van der Waals surface area contributed by atoms with E-state index in [4.69, 9.17) is 5.73 Å². The average molecular weight is 297 g/mol. The van der Waals surface area contributed by atoms with Gasteiger partial charge in [0.2, 0.25) is 0 Å². The molecule has 110 valence electrons. The second kappa shape index (κ2) is 6.72. The van der Waals surface area contributed by atoms with Gasteiger partial charge < -0.3 is 11.1 Å². The van der Waals surface area contributed by atoms with Crippen molar-refractivity contribution in [2.24, 2.45) is 5.73 Å². The van der Waals surface area contributed by atoms with Gasteiger partial charge in [-0.05, 0) is 25.0 Å². The number of rotatable bonds is 5. The highest BCUT2D eigenvalue weighted by atomic mass is 35.5. The van der Waals surface area contributed by atoms with Gasteiger partial charge in [0.15, 0.2) is 0 Å². The molecule has 0 aromatic carbocycles. The minimum atomic E-state index is -0.335. The Hall–Kier alpha value is -1.59. The van der Waals surface area contributed by atoms with E-state index in [2.05, 4.69) is 10.4 Å². The van der Waals surface area contributed by atoms with Crippen LogP contribution < -0.4 is 11.1 Å². The number of aromatic nitrogens is 2. The van der Waals surface area contributed by atoms with Gasteiger partial charge in [-0.25, -0.2) is 4.52 Å². The van der Waals surface area contributed by atoms with Gasteiger partial charge in [0.1, 0.15) is 0 Å². The summed E-state index contributed by atoms with van der Waals surface area (Å²) >= 11 is 0. The van der Waals surface area contributed by atoms with E-state index in [1.54, 1.807) is 10.7 Å². The van der Waals surface area contributed by atoms with E-state index in [-0.39, 0.29) is 23.9 Å². The van der Waals surface area contributed by atoms with Gasteiger partial charge in [0, 0.05) is 18.3 Å². The first-order valence-electron chi connectivity index (χ1n) is 6.59. The summed E-state index contributed by atoms with van der Waals surface area (Å²) < 4.78 is 1.68. The zero-order chi connectivity index (χ0) is 13.9. The van der Waals surface area contributed by atoms with E-state index in [9.17, 15) is 4.79 Å². The Kier molecular flexibility index (Phi) is 5.53. The van der Waals surface area contributed by atoms with Crippen molar-refractivity contribution in [3.05, 3.63) is 36.2 Å². The van der Waals surface area contributed by atoms with Crippen LogP contribution in [0.25, 0.3) is 5.52 Å². The molecule has 20 heavy (non-hydrogen) atoms. The molecule has 0 bridgehead atoms. The molecular formula is C14H21ClN4O. The summed E-state index contributed by atoms with van der Waals surface area (Å²) in [5.41, 5.74) is 7.22. The molecule has 0 aliphatic rings. The van der Waals surface area contributed by atoms with Crippen molar-refractivity contribution in [2.75, 3.05) is 6.54 Å². The smallest absolute Gasteiger partial charge is 0.255 e. The Bertz CT molecular complexity index is 577. The molecule has 0 saturated heterocycles. The monoisotopic (exact) mass is 296 g/mol. The maximum Gasteiger partial charge on any atom is 0.255 e. The number of carbonyl (C=O) groups is 1. The summed E-state index contributed by atoms with van der Waals surface area (Å²) in [6.45, 7) is 4.54. The van der Waals surface area contributed by atoms with Gasteiger partial charge >= 0.3 is 0 Å². The molecule has 0 aliphatic carbocycles. The van der Waals surface area contributed by atoms with Crippen LogP contribution in [0, 0.1) is 0 Å². The van der Waals surface area contributed by atoms with Crippen LogP contribution >= 0.6 is 12.4 Å². The van der Waals surface area contributed by atoms with Gasteiger partial charge in [-0.1, -0.05) is 19.9 Å². The maximum atomic E-state index is 12.2. The zero-order valence-corrected chi connectivity index (χ0v) is 12.6. The summed E-state index contributed by atoms with van der Waals surface area (Å²) in [6.07, 6.45) is 5.06. The number of nitrogens with two attached hydrogens (primary N) is 1. The molecule has 2 heterocycles. The molecule has 3 N–H and O–H groups in total. The second-order valence-corrected chi connectivity index (χ2v) is 4.84. The SMILES string of the molecule is CCC(N)(CC)CNC(=O)c1cnn2ccccc12.Cl. The molecule has 5 nitrogen and oxygen atoms in total. The molecule has 0 fully saturated rings. The Morgan fingerprint density at radius 2 is 2.10 bits per heavy atom. The third-order valence-electron chi connectivity index (χ3n) is 3.68. The highest BCUT2D eigenvalue weighted by Gasteiger charge is 2.22. The maximum absolute atomic E-state index is 12.2. The van der Waals surface area contributed by atoms with Crippen molar-refractivity contribution >= 4 is 23.8 Å². The van der Waals surface area contributed by atoms with E-state index < -0.39 is 0 Å². The first-order chi connectivity index (χ1) is 9.09. The zero-order valence-electron chi connectivity index (χ0n) is 11.8. The molecule has 0 saturated carbocycles. The van der Waals surface area contributed by atoms with Gasteiger partial charge in [-0.15, -0.1) is 12.4 Å². The second-order valence-electron chi connectivity index (χ2n) is 4.84. The summed E-state index contributed by atoms with van der Waals surface area (Å²) in [6, 6.07) is 5.64. The lowest BCUT2D eigenvalue weighted by Crippen LogP contribution is -2.49. The van der Waals surface area contributed by atoms with Crippen molar-refractivity contribution in [1.82, 2.24) is 14.9 Å². The largest absolute Gasteiger partial charge is 0.350 e. The van der Waals surface area contributed by atoms with E-state index in [0.717, 1.165) is 18.4 Å². The first-order valence-corrected chi connectivity index (χ1v) is 6.59. The number of halogens is 1. The first kappa shape index (κ1) is 16.5. The van der Waals surface area contributed by atoms with Crippen LogP contribution in [-0.2, 0) is 0 Å². The number of amides is 1. The normalized spacial score (nSPS) is 11.2. The highest BCUT2D eigenvalue weighted by molar-refractivity contribution is 6.00. The van der Waals surface area contributed by atoms with Gasteiger partial charge in [-0.2, -0.15) is 5.10 Å². The minimum Gasteiger partial charge on any atom is -0.350 e. The Morgan fingerprint density at radius 3 is 2.75 bits per heavy atom. The van der Waals surface area contributed by atoms with Crippen molar-refractivity contribution < 1.29 is 4.79 Å². The predicted octanol–water partition coefficient (Wildman–Crippen LogP) is 2.00. The number of hydrogen-bond acceptors (Lipinski definition) is 3.